The number of rotatable bonds is 3. The van der Waals surface area contributed by atoms with Gasteiger partial charge in [-0.15, -0.1) is 11.8 Å². The quantitative estimate of drug-likeness (QED) is 0.766. The molecule has 2 heteroatoms. The highest BCUT2D eigenvalue weighted by Crippen LogP contribution is 2.47. The van der Waals surface area contributed by atoms with Gasteiger partial charge in [0, 0.05) is 6.42 Å². The van der Waals surface area contributed by atoms with Crippen molar-refractivity contribution in [3.05, 3.63) is 0 Å². The van der Waals surface area contributed by atoms with Crippen molar-refractivity contribution >= 4 is 5.97 Å². The van der Waals surface area contributed by atoms with Gasteiger partial charge in [0.1, 0.15) is 0 Å². The van der Waals surface area contributed by atoms with Gasteiger partial charge in [-0.05, 0) is 50.4 Å². The summed E-state index contributed by atoms with van der Waals surface area (Å²) < 4.78 is 0. The molecule has 1 saturated carbocycles. The second-order valence-corrected chi connectivity index (χ2v) is 6.65. The molecule has 0 heterocycles. The molecule has 0 atom stereocenters. The van der Waals surface area contributed by atoms with E-state index in [1.165, 1.54) is 0 Å². The number of carboxylic acid groups (broad SMARTS) is 1. The summed E-state index contributed by atoms with van der Waals surface area (Å²) >= 11 is 0. The van der Waals surface area contributed by atoms with E-state index in [-0.39, 0.29) is 0 Å². The normalized spacial score (nSPS) is 28.3. The molecule has 1 fully saturated rings. The van der Waals surface area contributed by atoms with Crippen molar-refractivity contribution in [2.45, 2.75) is 66.2 Å². The summed E-state index contributed by atoms with van der Waals surface area (Å²) in [5.41, 5.74) is -0.209. The molecule has 0 unspecified atom stereocenters. The molecule has 0 spiro atoms. The lowest BCUT2D eigenvalue weighted by Crippen LogP contribution is -2.38. The average molecular weight is 250 g/mol. The molecule has 1 aliphatic carbocycles. The van der Waals surface area contributed by atoms with Crippen LogP contribution in [0.1, 0.15) is 66.2 Å². The van der Waals surface area contributed by atoms with Crippen molar-refractivity contribution in [1.82, 2.24) is 0 Å². The van der Waals surface area contributed by atoms with Crippen LogP contribution in [0.25, 0.3) is 0 Å². The fourth-order valence-electron chi connectivity index (χ4n) is 3.03. The Labute approximate surface area is 111 Å². The van der Waals surface area contributed by atoms with Gasteiger partial charge in [-0.3, -0.25) is 4.79 Å². The van der Waals surface area contributed by atoms with Crippen LogP contribution in [0.5, 0.6) is 0 Å². The minimum Gasteiger partial charge on any atom is -0.481 e. The maximum absolute atomic E-state index is 11.6. The molecule has 102 valence electrons. The molecule has 1 aliphatic rings. The highest BCUT2D eigenvalue weighted by atomic mass is 16.4. The second kappa shape index (κ2) is 5.78. The molecule has 0 amide bonds. The molecule has 18 heavy (non-hydrogen) atoms. The SMILES string of the molecule is CC#CCCC1(C(=O)O)CCC(C(C)(C)C)CC1. The van der Waals surface area contributed by atoms with Crippen LogP contribution in [0.2, 0.25) is 0 Å². The third-order valence-corrected chi connectivity index (χ3v) is 4.53. The Morgan fingerprint density at radius 3 is 2.28 bits per heavy atom. The average Bonchev–Trinajstić information content (AvgIpc) is 2.28. The molecule has 0 aromatic carbocycles. The predicted molar refractivity (Wildman–Crippen MR) is 74.2 cm³/mol. The molecule has 0 aliphatic heterocycles. The van der Waals surface area contributed by atoms with E-state index in [2.05, 4.69) is 32.6 Å². The number of carboxylic acids is 1. The molecular weight excluding hydrogens is 224 g/mol. The third-order valence-electron chi connectivity index (χ3n) is 4.53. The first kappa shape index (κ1) is 15.1. The number of hydrogen-bond donors (Lipinski definition) is 1. The van der Waals surface area contributed by atoms with Crippen LogP contribution in [0.3, 0.4) is 0 Å². The summed E-state index contributed by atoms with van der Waals surface area (Å²) in [5, 5.41) is 9.53. The summed E-state index contributed by atoms with van der Waals surface area (Å²) in [7, 11) is 0. The molecule has 2 nitrogen and oxygen atoms in total. The van der Waals surface area contributed by atoms with Crippen LogP contribution < -0.4 is 0 Å². The Morgan fingerprint density at radius 1 is 1.33 bits per heavy atom. The van der Waals surface area contributed by atoms with E-state index >= 15 is 0 Å². The predicted octanol–water partition coefficient (Wildman–Crippen LogP) is 4.10. The topological polar surface area (TPSA) is 37.3 Å². The number of aliphatic carboxylic acids is 1. The molecule has 0 aromatic rings. The van der Waals surface area contributed by atoms with E-state index in [0.29, 0.717) is 24.2 Å². The molecular formula is C16H26O2. The molecule has 1 rings (SSSR count). The molecule has 0 radical (unpaired) electrons. The van der Waals surface area contributed by atoms with E-state index < -0.39 is 11.4 Å². The van der Waals surface area contributed by atoms with Crippen LogP contribution in [-0.4, -0.2) is 11.1 Å². The van der Waals surface area contributed by atoms with Crippen molar-refractivity contribution < 1.29 is 9.90 Å². The van der Waals surface area contributed by atoms with Crippen LogP contribution in [-0.2, 0) is 4.79 Å². The Morgan fingerprint density at radius 2 is 1.89 bits per heavy atom. The third kappa shape index (κ3) is 3.51. The van der Waals surface area contributed by atoms with Crippen molar-refractivity contribution in [1.29, 1.82) is 0 Å². The Bertz CT molecular complexity index is 344. The van der Waals surface area contributed by atoms with E-state index in [9.17, 15) is 9.90 Å². The molecule has 0 saturated heterocycles. The van der Waals surface area contributed by atoms with Crippen LogP contribution in [0, 0.1) is 28.6 Å². The Balaban J connectivity index is 2.67. The van der Waals surface area contributed by atoms with Gasteiger partial charge in [-0.2, -0.15) is 0 Å². The van der Waals surface area contributed by atoms with Crippen molar-refractivity contribution in [2.24, 2.45) is 16.7 Å². The van der Waals surface area contributed by atoms with Crippen molar-refractivity contribution in [2.75, 3.05) is 0 Å². The zero-order valence-electron chi connectivity index (χ0n) is 12.2. The Kier molecular flexibility index (Phi) is 4.85. The first-order valence-corrected chi connectivity index (χ1v) is 6.95. The van der Waals surface area contributed by atoms with Gasteiger partial charge in [0.2, 0.25) is 0 Å². The maximum atomic E-state index is 11.6. The standard InChI is InChI=1S/C16H26O2/c1-5-6-7-10-16(14(17)18)11-8-13(9-12-16)15(2,3)4/h13H,7-12H2,1-4H3,(H,17,18). The van der Waals surface area contributed by atoms with Crippen LogP contribution in [0.15, 0.2) is 0 Å². The van der Waals surface area contributed by atoms with Crippen LogP contribution >= 0.6 is 0 Å². The first-order chi connectivity index (χ1) is 8.32. The maximum Gasteiger partial charge on any atom is 0.309 e. The highest BCUT2D eigenvalue weighted by molar-refractivity contribution is 5.74. The Hall–Kier alpha value is -0.970. The van der Waals surface area contributed by atoms with Gasteiger partial charge < -0.3 is 5.11 Å². The lowest BCUT2D eigenvalue weighted by Gasteiger charge is -2.41. The lowest BCUT2D eigenvalue weighted by atomic mass is 9.63. The summed E-state index contributed by atoms with van der Waals surface area (Å²) in [4.78, 5) is 11.6. The molecule has 0 aromatic heterocycles. The van der Waals surface area contributed by atoms with Gasteiger partial charge in [0.05, 0.1) is 5.41 Å². The van der Waals surface area contributed by atoms with E-state index in [4.69, 9.17) is 0 Å². The summed E-state index contributed by atoms with van der Waals surface area (Å²) in [6, 6.07) is 0. The van der Waals surface area contributed by atoms with Gasteiger partial charge >= 0.3 is 5.97 Å². The van der Waals surface area contributed by atoms with Gasteiger partial charge in [-0.25, -0.2) is 0 Å². The van der Waals surface area contributed by atoms with Crippen molar-refractivity contribution in [3.63, 3.8) is 0 Å². The van der Waals surface area contributed by atoms with E-state index in [1.807, 2.05) is 6.92 Å². The summed E-state index contributed by atoms with van der Waals surface area (Å²) in [6.07, 6.45) is 5.12. The molecule has 0 bridgehead atoms. The second-order valence-electron chi connectivity index (χ2n) is 6.65. The monoisotopic (exact) mass is 250 g/mol. The minimum atomic E-state index is -0.618. The van der Waals surface area contributed by atoms with Crippen LogP contribution in [0.4, 0.5) is 0 Å². The fraction of sp³-hybridized carbons (Fsp3) is 0.812. The van der Waals surface area contributed by atoms with Gasteiger partial charge in [0.15, 0.2) is 0 Å². The van der Waals surface area contributed by atoms with Crippen molar-refractivity contribution in [3.8, 4) is 11.8 Å². The first-order valence-electron chi connectivity index (χ1n) is 6.95. The lowest BCUT2D eigenvalue weighted by molar-refractivity contribution is -0.152. The van der Waals surface area contributed by atoms with Gasteiger partial charge in [0.25, 0.3) is 0 Å². The number of carbonyl (C=O) groups is 1. The highest BCUT2D eigenvalue weighted by Gasteiger charge is 2.43. The zero-order chi connectivity index (χ0) is 13.8. The molecule has 1 N–H and O–H groups in total. The largest absolute Gasteiger partial charge is 0.481 e. The fourth-order valence-corrected chi connectivity index (χ4v) is 3.03. The summed E-state index contributed by atoms with van der Waals surface area (Å²) in [5.74, 6) is 5.89. The van der Waals surface area contributed by atoms with E-state index in [1.54, 1.807) is 0 Å². The smallest absolute Gasteiger partial charge is 0.309 e. The summed E-state index contributed by atoms with van der Waals surface area (Å²) in [6.45, 7) is 8.58. The van der Waals surface area contributed by atoms with E-state index in [0.717, 1.165) is 25.7 Å². The minimum absolute atomic E-state index is 0.299. The zero-order valence-corrected chi connectivity index (χ0v) is 12.2. The number of hydrogen-bond acceptors (Lipinski definition) is 1. The van der Waals surface area contributed by atoms with Gasteiger partial charge in [-0.1, -0.05) is 20.8 Å².